The molecular weight excluding hydrogens is 517 g/mol. The van der Waals surface area contributed by atoms with Crippen LogP contribution in [0.15, 0.2) is 36.8 Å². The molecule has 3 heterocycles. The van der Waals surface area contributed by atoms with Crippen LogP contribution in [0.1, 0.15) is 73.9 Å². The van der Waals surface area contributed by atoms with Gasteiger partial charge < -0.3 is 19.7 Å². The molecule has 3 aromatic rings. The highest BCUT2D eigenvalue weighted by Gasteiger charge is 2.36. The lowest BCUT2D eigenvalue weighted by atomic mass is 9.78. The van der Waals surface area contributed by atoms with E-state index in [1.54, 1.807) is 25.1 Å². The van der Waals surface area contributed by atoms with Crippen molar-refractivity contribution in [1.82, 2.24) is 24.7 Å². The zero-order chi connectivity index (χ0) is 29.4. The second kappa shape index (κ2) is 11.9. The van der Waals surface area contributed by atoms with E-state index >= 15 is 0 Å². The summed E-state index contributed by atoms with van der Waals surface area (Å²) in [6.07, 6.45) is 10.1. The fourth-order valence-corrected chi connectivity index (χ4v) is 6.75. The Balaban J connectivity index is 1.36. The van der Waals surface area contributed by atoms with Crippen molar-refractivity contribution in [3.05, 3.63) is 59.3 Å². The molecule has 2 fully saturated rings. The van der Waals surface area contributed by atoms with E-state index in [0.717, 1.165) is 56.4 Å². The maximum absolute atomic E-state index is 14.4. The van der Waals surface area contributed by atoms with Gasteiger partial charge in [-0.05, 0) is 93.5 Å². The number of halogens is 1. The number of pyridine rings is 1. The molecule has 1 saturated carbocycles. The number of carbonyl (C=O) groups excluding carboxylic acids is 2. The van der Waals surface area contributed by atoms with Gasteiger partial charge in [0.25, 0.3) is 5.91 Å². The van der Waals surface area contributed by atoms with E-state index in [0.29, 0.717) is 29.0 Å². The smallest absolute Gasteiger partial charge is 0.256 e. The van der Waals surface area contributed by atoms with Crippen molar-refractivity contribution in [3.8, 4) is 5.69 Å². The summed E-state index contributed by atoms with van der Waals surface area (Å²) in [6, 6.07) is 4.47. The molecule has 7 nitrogen and oxygen atoms in total. The molecule has 1 aliphatic heterocycles. The minimum Gasteiger partial charge on any atom is -0.359 e. The standard InChI is InChI=1S/C33H44FN5O2/c1-20(2)37(6)33(41)27-13-26(34)11-12-29(27)39-19-28(31-21(3)14-36-15-30(31)39)22(4)25-17-38(18-25)16-23-7-9-24(10-8-23)32(40)35-5/h11-15,19-20,22-25H,7-10,16-18H2,1-6H3,(H,35,40)/t22-,23?,24?/m0/s1. The Morgan fingerprint density at radius 1 is 1.12 bits per heavy atom. The molecule has 1 N–H and O–H groups in total. The van der Waals surface area contributed by atoms with Gasteiger partial charge in [-0.3, -0.25) is 14.6 Å². The third-order valence-corrected chi connectivity index (χ3v) is 9.64. The third-order valence-electron chi connectivity index (χ3n) is 9.64. The van der Waals surface area contributed by atoms with Crippen molar-refractivity contribution >= 4 is 22.7 Å². The van der Waals surface area contributed by atoms with Gasteiger partial charge in [0.2, 0.25) is 5.91 Å². The number of hydrogen-bond acceptors (Lipinski definition) is 4. The van der Waals surface area contributed by atoms with Gasteiger partial charge in [-0.15, -0.1) is 0 Å². The van der Waals surface area contributed by atoms with Gasteiger partial charge in [0, 0.05) is 63.5 Å². The van der Waals surface area contributed by atoms with Gasteiger partial charge in [0.1, 0.15) is 5.82 Å². The number of hydrogen-bond donors (Lipinski definition) is 1. The maximum atomic E-state index is 14.4. The summed E-state index contributed by atoms with van der Waals surface area (Å²) in [4.78, 5) is 34.1. The fraction of sp³-hybridized carbons (Fsp3) is 0.545. The lowest BCUT2D eigenvalue weighted by molar-refractivity contribution is -0.125. The van der Waals surface area contributed by atoms with Gasteiger partial charge in [-0.1, -0.05) is 6.92 Å². The zero-order valence-electron chi connectivity index (χ0n) is 25.3. The summed E-state index contributed by atoms with van der Waals surface area (Å²) in [5.74, 6) is 1.26. The highest BCUT2D eigenvalue weighted by atomic mass is 19.1. The van der Waals surface area contributed by atoms with Crippen LogP contribution in [0.25, 0.3) is 16.6 Å². The molecule has 2 aromatic heterocycles. The quantitative estimate of drug-likeness (QED) is 0.392. The van der Waals surface area contributed by atoms with Crippen LogP contribution < -0.4 is 5.32 Å². The van der Waals surface area contributed by atoms with Crippen LogP contribution in [0.5, 0.6) is 0 Å². The number of nitrogens with one attached hydrogen (secondary N) is 1. The molecule has 1 saturated heterocycles. The second-order valence-electron chi connectivity index (χ2n) is 12.6. The molecule has 5 rings (SSSR count). The first-order valence-corrected chi connectivity index (χ1v) is 15.1. The van der Waals surface area contributed by atoms with E-state index in [1.165, 1.54) is 23.1 Å². The molecule has 0 spiro atoms. The van der Waals surface area contributed by atoms with Crippen LogP contribution in [-0.4, -0.2) is 70.9 Å². The average molecular weight is 562 g/mol. The zero-order valence-corrected chi connectivity index (χ0v) is 25.3. The molecule has 0 radical (unpaired) electrons. The van der Waals surface area contributed by atoms with Crippen LogP contribution >= 0.6 is 0 Å². The number of likely N-dealkylation sites (tertiary alicyclic amines) is 1. The number of amides is 2. The van der Waals surface area contributed by atoms with Crippen LogP contribution in [0.3, 0.4) is 0 Å². The maximum Gasteiger partial charge on any atom is 0.256 e. The monoisotopic (exact) mass is 561 g/mol. The number of carbonyl (C=O) groups is 2. The van der Waals surface area contributed by atoms with Crippen LogP contribution in [0.4, 0.5) is 4.39 Å². The largest absolute Gasteiger partial charge is 0.359 e. The van der Waals surface area contributed by atoms with E-state index in [1.807, 2.05) is 30.8 Å². The van der Waals surface area contributed by atoms with Gasteiger partial charge in [-0.25, -0.2) is 4.39 Å². The van der Waals surface area contributed by atoms with Crippen molar-refractivity contribution in [2.75, 3.05) is 33.7 Å². The van der Waals surface area contributed by atoms with Crippen molar-refractivity contribution in [2.24, 2.45) is 17.8 Å². The molecule has 1 aromatic carbocycles. The Hall–Kier alpha value is -3.26. The molecular formula is C33H44FN5O2. The molecule has 41 heavy (non-hydrogen) atoms. The first kappa shape index (κ1) is 29.2. The summed E-state index contributed by atoms with van der Waals surface area (Å²) < 4.78 is 16.5. The summed E-state index contributed by atoms with van der Waals surface area (Å²) in [5, 5.41) is 3.97. The Morgan fingerprint density at radius 2 is 1.83 bits per heavy atom. The molecule has 2 aliphatic rings. The van der Waals surface area contributed by atoms with E-state index in [9.17, 15) is 14.0 Å². The highest BCUT2D eigenvalue weighted by Crippen LogP contribution is 2.40. The Morgan fingerprint density at radius 3 is 2.49 bits per heavy atom. The molecule has 0 bridgehead atoms. The van der Waals surface area contributed by atoms with E-state index in [4.69, 9.17) is 0 Å². The average Bonchev–Trinajstić information content (AvgIpc) is 3.34. The molecule has 1 aliphatic carbocycles. The van der Waals surface area contributed by atoms with Crippen molar-refractivity contribution < 1.29 is 14.0 Å². The normalized spacial score (nSPS) is 20.7. The second-order valence-corrected chi connectivity index (χ2v) is 12.6. The fourth-order valence-electron chi connectivity index (χ4n) is 6.75. The number of fused-ring (bicyclic) bond motifs is 1. The first-order chi connectivity index (χ1) is 19.6. The molecule has 1 atom stereocenters. The molecule has 2 amide bonds. The lowest BCUT2D eigenvalue weighted by Gasteiger charge is -2.45. The van der Waals surface area contributed by atoms with Crippen molar-refractivity contribution in [1.29, 1.82) is 0 Å². The predicted octanol–water partition coefficient (Wildman–Crippen LogP) is 5.54. The van der Waals surface area contributed by atoms with Crippen molar-refractivity contribution in [2.45, 2.75) is 65.3 Å². The molecule has 220 valence electrons. The van der Waals surface area contributed by atoms with Gasteiger partial charge in [0.15, 0.2) is 0 Å². The van der Waals surface area contributed by atoms with E-state index in [-0.39, 0.29) is 23.8 Å². The first-order valence-electron chi connectivity index (χ1n) is 15.1. The highest BCUT2D eigenvalue weighted by molar-refractivity contribution is 5.99. The summed E-state index contributed by atoms with van der Waals surface area (Å²) >= 11 is 0. The minimum atomic E-state index is -0.426. The number of aromatic nitrogens is 2. The third kappa shape index (κ3) is 5.76. The summed E-state index contributed by atoms with van der Waals surface area (Å²) in [6.45, 7) is 11.5. The summed E-state index contributed by atoms with van der Waals surface area (Å²) in [5.41, 5.74) is 4.29. The van der Waals surface area contributed by atoms with E-state index < -0.39 is 5.82 Å². The SMILES string of the molecule is CNC(=O)C1CCC(CN2CC([C@H](C)c3cn(-c4ccc(F)cc4C(=O)N(C)C(C)C)c4cncc(C)c34)C2)CC1. The number of nitrogens with zero attached hydrogens (tertiary/aromatic N) is 4. The Bertz CT molecular complexity index is 1420. The summed E-state index contributed by atoms with van der Waals surface area (Å²) in [7, 11) is 3.49. The van der Waals surface area contributed by atoms with Gasteiger partial charge in [0.05, 0.1) is 23.0 Å². The molecule has 8 heteroatoms. The van der Waals surface area contributed by atoms with Gasteiger partial charge >= 0.3 is 0 Å². The lowest BCUT2D eigenvalue weighted by Crippen LogP contribution is -2.50. The molecule has 0 unspecified atom stereocenters. The van der Waals surface area contributed by atoms with Crippen LogP contribution in [0.2, 0.25) is 0 Å². The van der Waals surface area contributed by atoms with Crippen LogP contribution in [0, 0.1) is 30.5 Å². The number of aryl methyl sites for hydroxylation is 1. The van der Waals surface area contributed by atoms with Crippen LogP contribution in [-0.2, 0) is 4.79 Å². The Labute approximate surface area is 243 Å². The number of benzene rings is 1. The Kier molecular flexibility index (Phi) is 8.50. The number of rotatable bonds is 8. The predicted molar refractivity (Wildman–Crippen MR) is 161 cm³/mol. The van der Waals surface area contributed by atoms with E-state index in [2.05, 4.69) is 35.2 Å². The van der Waals surface area contributed by atoms with Gasteiger partial charge in [-0.2, -0.15) is 0 Å². The minimum absolute atomic E-state index is 0.00745. The topological polar surface area (TPSA) is 70.5 Å². The van der Waals surface area contributed by atoms with Crippen molar-refractivity contribution in [3.63, 3.8) is 0 Å².